The molecule has 1 aliphatic rings. The second-order valence-corrected chi connectivity index (χ2v) is 3.62. The highest BCUT2D eigenvalue weighted by Crippen LogP contribution is 1.95. The molecule has 0 bridgehead atoms. The summed E-state index contributed by atoms with van der Waals surface area (Å²) < 4.78 is 0. The molecule has 0 radical (unpaired) electrons. The third-order valence-electron chi connectivity index (χ3n) is 2.32. The SMILES string of the molecule is C=CCN(C)CC(=O)N1CCNCC1. The second kappa shape index (κ2) is 5.78. The third kappa shape index (κ3) is 3.47. The topological polar surface area (TPSA) is 35.6 Å². The molecule has 0 atom stereocenters. The van der Waals surface area contributed by atoms with Crippen molar-refractivity contribution in [1.29, 1.82) is 0 Å². The van der Waals surface area contributed by atoms with Gasteiger partial charge in [-0.2, -0.15) is 0 Å². The smallest absolute Gasteiger partial charge is 0.236 e. The van der Waals surface area contributed by atoms with Crippen molar-refractivity contribution >= 4 is 5.91 Å². The van der Waals surface area contributed by atoms with Crippen LogP contribution in [0.25, 0.3) is 0 Å². The lowest BCUT2D eigenvalue weighted by Crippen LogP contribution is -2.49. The summed E-state index contributed by atoms with van der Waals surface area (Å²) in [5.74, 6) is 0.218. The molecule has 0 unspecified atom stereocenters. The number of carbonyl (C=O) groups is 1. The zero-order valence-electron chi connectivity index (χ0n) is 8.83. The molecule has 14 heavy (non-hydrogen) atoms. The molecule has 0 saturated carbocycles. The molecule has 0 spiro atoms. The highest BCUT2D eigenvalue weighted by molar-refractivity contribution is 5.78. The van der Waals surface area contributed by atoms with Crippen molar-refractivity contribution in [2.24, 2.45) is 0 Å². The molecule has 4 heteroatoms. The Bertz CT molecular complexity index is 200. The van der Waals surface area contributed by atoms with E-state index in [0.717, 1.165) is 32.7 Å². The fourth-order valence-corrected chi connectivity index (χ4v) is 1.53. The lowest BCUT2D eigenvalue weighted by Gasteiger charge is -2.29. The van der Waals surface area contributed by atoms with Crippen LogP contribution >= 0.6 is 0 Å². The summed E-state index contributed by atoms with van der Waals surface area (Å²) in [5.41, 5.74) is 0. The minimum absolute atomic E-state index is 0.218. The number of likely N-dealkylation sites (N-methyl/N-ethyl adjacent to an activating group) is 1. The van der Waals surface area contributed by atoms with Gasteiger partial charge in [-0.15, -0.1) is 6.58 Å². The van der Waals surface area contributed by atoms with E-state index in [9.17, 15) is 4.79 Å². The van der Waals surface area contributed by atoms with Crippen LogP contribution in [0.3, 0.4) is 0 Å². The Kier molecular flexibility index (Phi) is 4.62. The quantitative estimate of drug-likeness (QED) is 0.619. The van der Waals surface area contributed by atoms with Crippen molar-refractivity contribution in [3.05, 3.63) is 12.7 Å². The molecule has 1 rings (SSSR count). The molecule has 1 fully saturated rings. The summed E-state index contributed by atoms with van der Waals surface area (Å²) in [6, 6.07) is 0. The number of nitrogens with one attached hydrogen (secondary N) is 1. The van der Waals surface area contributed by atoms with Crippen molar-refractivity contribution in [3.8, 4) is 0 Å². The van der Waals surface area contributed by atoms with Gasteiger partial charge in [0.25, 0.3) is 0 Å². The normalized spacial score (nSPS) is 17.1. The summed E-state index contributed by atoms with van der Waals surface area (Å²) in [5, 5.41) is 3.22. The first-order valence-electron chi connectivity index (χ1n) is 5.02. The Morgan fingerprint density at radius 2 is 2.21 bits per heavy atom. The fourth-order valence-electron chi connectivity index (χ4n) is 1.53. The standard InChI is InChI=1S/C10H19N3O/c1-3-6-12(2)9-10(14)13-7-4-11-5-8-13/h3,11H,1,4-9H2,2H3. The van der Waals surface area contributed by atoms with E-state index in [1.54, 1.807) is 0 Å². The Morgan fingerprint density at radius 1 is 1.57 bits per heavy atom. The molecule has 4 nitrogen and oxygen atoms in total. The first-order chi connectivity index (χ1) is 6.74. The molecule has 0 aromatic heterocycles. The Morgan fingerprint density at radius 3 is 2.79 bits per heavy atom. The summed E-state index contributed by atoms with van der Waals surface area (Å²) in [6.07, 6.45) is 1.81. The molecule has 1 amide bonds. The minimum Gasteiger partial charge on any atom is -0.339 e. The summed E-state index contributed by atoms with van der Waals surface area (Å²) in [4.78, 5) is 15.6. The molecule has 80 valence electrons. The molecule has 0 aromatic rings. The number of amides is 1. The number of hydrogen-bond donors (Lipinski definition) is 1. The van der Waals surface area contributed by atoms with Gasteiger partial charge in [0.1, 0.15) is 0 Å². The van der Waals surface area contributed by atoms with Crippen LogP contribution in [0.1, 0.15) is 0 Å². The van der Waals surface area contributed by atoms with Crippen LogP contribution in [0.15, 0.2) is 12.7 Å². The maximum absolute atomic E-state index is 11.7. The highest BCUT2D eigenvalue weighted by Gasteiger charge is 2.16. The van der Waals surface area contributed by atoms with Gasteiger partial charge in [0.2, 0.25) is 5.91 Å². The number of hydrogen-bond acceptors (Lipinski definition) is 3. The van der Waals surface area contributed by atoms with Gasteiger partial charge < -0.3 is 10.2 Å². The molecule has 0 aromatic carbocycles. The van der Waals surface area contributed by atoms with Crippen molar-refractivity contribution < 1.29 is 4.79 Å². The third-order valence-corrected chi connectivity index (χ3v) is 2.32. The molecule has 1 aliphatic heterocycles. The van der Waals surface area contributed by atoms with Crippen molar-refractivity contribution in [3.63, 3.8) is 0 Å². The lowest BCUT2D eigenvalue weighted by molar-refractivity contribution is -0.132. The lowest BCUT2D eigenvalue weighted by atomic mass is 10.3. The van der Waals surface area contributed by atoms with E-state index in [4.69, 9.17) is 0 Å². The summed E-state index contributed by atoms with van der Waals surface area (Å²) in [6.45, 7) is 8.39. The van der Waals surface area contributed by atoms with Crippen molar-refractivity contribution in [2.45, 2.75) is 0 Å². The maximum atomic E-state index is 11.7. The molecule has 0 aliphatic carbocycles. The van der Waals surface area contributed by atoms with Crippen LogP contribution in [0, 0.1) is 0 Å². The van der Waals surface area contributed by atoms with Gasteiger partial charge in [-0.3, -0.25) is 9.69 Å². The van der Waals surface area contributed by atoms with Crippen LogP contribution in [0.2, 0.25) is 0 Å². The van der Waals surface area contributed by atoms with E-state index >= 15 is 0 Å². The average molecular weight is 197 g/mol. The van der Waals surface area contributed by atoms with Gasteiger partial charge in [0.05, 0.1) is 6.54 Å². The highest BCUT2D eigenvalue weighted by atomic mass is 16.2. The number of piperazine rings is 1. The van der Waals surface area contributed by atoms with E-state index in [0.29, 0.717) is 6.54 Å². The van der Waals surface area contributed by atoms with Crippen LogP contribution < -0.4 is 5.32 Å². The average Bonchev–Trinajstić information content (AvgIpc) is 2.19. The van der Waals surface area contributed by atoms with E-state index in [-0.39, 0.29) is 5.91 Å². The Balaban J connectivity index is 2.28. The summed E-state index contributed by atoms with van der Waals surface area (Å²) in [7, 11) is 1.93. The summed E-state index contributed by atoms with van der Waals surface area (Å²) >= 11 is 0. The van der Waals surface area contributed by atoms with Crippen LogP contribution in [0.4, 0.5) is 0 Å². The largest absolute Gasteiger partial charge is 0.339 e. The van der Waals surface area contributed by atoms with Crippen LogP contribution in [0.5, 0.6) is 0 Å². The van der Waals surface area contributed by atoms with Crippen molar-refractivity contribution in [2.75, 3.05) is 46.3 Å². The van der Waals surface area contributed by atoms with Gasteiger partial charge in [-0.05, 0) is 7.05 Å². The second-order valence-electron chi connectivity index (χ2n) is 3.62. The Labute approximate surface area is 85.6 Å². The van der Waals surface area contributed by atoms with E-state index in [1.165, 1.54) is 0 Å². The van der Waals surface area contributed by atoms with Crippen LogP contribution in [-0.2, 0) is 4.79 Å². The van der Waals surface area contributed by atoms with E-state index < -0.39 is 0 Å². The molecule has 1 heterocycles. The monoisotopic (exact) mass is 197 g/mol. The first-order valence-corrected chi connectivity index (χ1v) is 5.02. The fraction of sp³-hybridized carbons (Fsp3) is 0.700. The molecule has 1 N–H and O–H groups in total. The predicted octanol–water partition coefficient (Wildman–Crippen LogP) is -0.464. The Hall–Kier alpha value is -0.870. The van der Waals surface area contributed by atoms with Crippen molar-refractivity contribution in [1.82, 2.24) is 15.1 Å². The number of rotatable bonds is 4. The zero-order valence-corrected chi connectivity index (χ0v) is 8.83. The minimum atomic E-state index is 0.218. The zero-order chi connectivity index (χ0) is 10.4. The van der Waals surface area contributed by atoms with Gasteiger partial charge in [0, 0.05) is 32.7 Å². The first kappa shape index (κ1) is 11.2. The van der Waals surface area contributed by atoms with Gasteiger partial charge in [0.15, 0.2) is 0 Å². The van der Waals surface area contributed by atoms with Gasteiger partial charge >= 0.3 is 0 Å². The molecular weight excluding hydrogens is 178 g/mol. The number of carbonyl (C=O) groups excluding carboxylic acids is 1. The number of nitrogens with zero attached hydrogens (tertiary/aromatic N) is 2. The van der Waals surface area contributed by atoms with Gasteiger partial charge in [-0.1, -0.05) is 6.08 Å². The van der Waals surface area contributed by atoms with E-state index in [2.05, 4.69) is 11.9 Å². The predicted molar refractivity (Wildman–Crippen MR) is 57.1 cm³/mol. The van der Waals surface area contributed by atoms with Crippen LogP contribution in [-0.4, -0.2) is 62.0 Å². The molecule has 1 saturated heterocycles. The van der Waals surface area contributed by atoms with Gasteiger partial charge in [-0.25, -0.2) is 0 Å². The molecular formula is C10H19N3O. The van der Waals surface area contributed by atoms with E-state index in [1.807, 2.05) is 22.9 Å². The maximum Gasteiger partial charge on any atom is 0.236 e.